The second-order valence-corrected chi connectivity index (χ2v) is 6.44. The summed E-state index contributed by atoms with van der Waals surface area (Å²) in [5, 5.41) is 0. The molecule has 23 heavy (non-hydrogen) atoms. The van der Waals surface area contributed by atoms with Gasteiger partial charge in [0.15, 0.2) is 0 Å². The number of hydrogen-bond acceptors (Lipinski definition) is 3. The summed E-state index contributed by atoms with van der Waals surface area (Å²) in [5.74, 6) is 0.101. The van der Waals surface area contributed by atoms with Crippen LogP contribution in [0.4, 0.5) is 0 Å². The van der Waals surface area contributed by atoms with Crippen molar-refractivity contribution in [3.05, 3.63) is 70.0 Å². The molecule has 0 N–H and O–H groups in total. The number of nitrogens with zero attached hydrogens (tertiary/aromatic N) is 3. The minimum absolute atomic E-state index is 0.101. The lowest BCUT2D eigenvalue weighted by Gasteiger charge is -2.15. The minimum Gasteiger partial charge on any atom is -0.334 e. The molecule has 1 aliphatic rings. The molecule has 3 aromatic rings. The van der Waals surface area contributed by atoms with E-state index < -0.39 is 0 Å². The Kier molecular flexibility index (Phi) is 3.58. The smallest absolute Gasteiger partial charge is 0.254 e. The maximum absolute atomic E-state index is 12.5. The summed E-state index contributed by atoms with van der Waals surface area (Å²) in [4.78, 5) is 23.2. The fraction of sp³-hybridized carbons (Fsp3) is 0.167. The third-order valence-corrected chi connectivity index (χ3v) is 4.88. The average Bonchev–Trinajstić information content (AvgIpc) is 2.91. The van der Waals surface area contributed by atoms with E-state index in [9.17, 15) is 4.79 Å². The summed E-state index contributed by atoms with van der Waals surface area (Å²) in [6, 6.07) is 13.6. The Balaban J connectivity index is 1.51. The van der Waals surface area contributed by atoms with Gasteiger partial charge >= 0.3 is 0 Å². The van der Waals surface area contributed by atoms with E-state index in [1.807, 2.05) is 47.4 Å². The molecule has 0 fully saturated rings. The molecule has 0 bridgehead atoms. The number of amides is 1. The summed E-state index contributed by atoms with van der Waals surface area (Å²) < 4.78 is 1.00. The van der Waals surface area contributed by atoms with Crippen LogP contribution >= 0.6 is 15.9 Å². The van der Waals surface area contributed by atoms with E-state index in [2.05, 4.69) is 25.9 Å². The monoisotopic (exact) mass is 367 g/mol. The molecule has 2 aromatic heterocycles. The van der Waals surface area contributed by atoms with Crippen LogP contribution in [0.5, 0.6) is 0 Å². The maximum atomic E-state index is 12.5. The van der Waals surface area contributed by atoms with Gasteiger partial charge in [0.25, 0.3) is 5.91 Å². The van der Waals surface area contributed by atoms with E-state index >= 15 is 0 Å². The van der Waals surface area contributed by atoms with Crippen molar-refractivity contribution < 1.29 is 4.79 Å². The third kappa shape index (κ3) is 2.61. The van der Waals surface area contributed by atoms with Gasteiger partial charge in [-0.05, 0) is 42.0 Å². The van der Waals surface area contributed by atoms with Gasteiger partial charge in [-0.15, -0.1) is 0 Å². The van der Waals surface area contributed by atoms with Crippen molar-refractivity contribution in [3.8, 4) is 0 Å². The van der Waals surface area contributed by atoms with E-state index in [1.54, 1.807) is 6.20 Å². The number of halogens is 1. The highest BCUT2D eigenvalue weighted by atomic mass is 79.9. The van der Waals surface area contributed by atoms with E-state index in [0.717, 1.165) is 38.7 Å². The highest BCUT2D eigenvalue weighted by Gasteiger charge is 2.28. The maximum Gasteiger partial charge on any atom is 0.254 e. The van der Waals surface area contributed by atoms with Gasteiger partial charge in [0, 0.05) is 41.4 Å². The Morgan fingerprint density at radius 2 is 2.00 bits per heavy atom. The molecular formula is C18H14BrN3O. The van der Waals surface area contributed by atoms with Crippen LogP contribution in [0.1, 0.15) is 21.6 Å². The number of hydrogen-bond donors (Lipinski definition) is 0. The molecule has 4 rings (SSSR count). The Labute approximate surface area is 142 Å². The number of rotatable bonds is 3. The number of pyridine rings is 2. The molecule has 0 saturated carbocycles. The molecule has 114 valence electrons. The van der Waals surface area contributed by atoms with Gasteiger partial charge in [0.2, 0.25) is 0 Å². The fourth-order valence-corrected chi connectivity index (χ4v) is 3.41. The number of fused-ring (bicyclic) bond motifs is 2. The lowest BCUT2D eigenvalue weighted by atomic mass is 10.1. The third-order valence-electron chi connectivity index (χ3n) is 4.14. The van der Waals surface area contributed by atoms with Crippen LogP contribution in [0.15, 0.2) is 53.1 Å². The molecule has 0 saturated heterocycles. The molecule has 0 spiro atoms. The van der Waals surface area contributed by atoms with E-state index in [0.29, 0.717) is 13.1 Å². The van der Waals surface area contributed by atoms with E-state index in [1.165, 1.54) is 0 Å². The van der Waals surface area contributed by atoms with Gasteiger partial charge in [-0.1, -0.05) is 22.0 Å². The van der Waals surface area contributed by atoms with Crippen molar-refractivity contribution in [1.82, 2.24) is 14.9 Å². The fourth-order valence-electron chi connectivity index (χ4n) is 2.92. The Bertz CT molecular complexity index is 910. The SMILES string of the molecule is O=C1c2cccc(Br)c2CN1CCc1ccc2ncccc2n1. The zero-order chi connectivity index (χ0) is 15.8. The van der Waals surface area contributed by atoms with Crippen LogP contribution in [-0.4, -0.2) is 27.3 Å². The lowest BCUT2D eigenvalue weighted by molar-refractivity contribution is 0.0780. The molecule has 1 amide bonds. The lowest BCUT2D eigenvalue weighted by Crippen LogP contribution is -2.26. The van der Waals surface area contributed by atoms with Crippen molar-refractivity contribution in [3.63, 3.8) is 0 Å². The van der Waals surface area contributed by atoms with Crippen LogP contribution in [0.3, 0.4) is 0 Å². The molecule has 0 unspecified atom stereocenters. The Morgan fingerprint density at radius 1 is 1.09 bits per heavy atom. The van der Waals surface area contributed by atoms with Crippen molar-refractivity contribution >= 4 is 32.9 Å². The molecule has 3 heterocycles. The summed E-state index contributed by atoms with van der Waals surface area (Å²) in [6.45, 7) is 1.32. The first-order chi connectivity index (χ1) is 11.2. The minimum atomic E-state index is 0.101. The zero-order valence-electron chi connectivity index (χ0n) is 12.4. The van der Waals surface area contributed by atoms with Crippen LogP contribution < -0.4 is 0 Å². The molecule has 0 atom stereocenters. The number of benzene rings is 1. The van der Waals surface area contributed by atoms with Crippen LogP contribution in [0, 0.1) is 0 Å². The van der Waals surface area contributed by atoms with Gasteiger partial charge in [-0.25, -0.2) is 0 Å². The number of aromatic nitrogens is 2. The van der Waals surface area contributed by atoms with Gasteiger partial charge in [0.1, 0.15) is 0 Å². The zero-order valence-corrected chi connectivity index (χ0v) is 14.0. The standard InChI is InChI=1S/C18H14BrN3O/c19-15-4-1-3-13-14(15)11-22(18(13)23)10-8-12-6-7-16-17(21-12)5-2-9-20-16/h1-7,9H,8,10-11H2. The summed E-state index contributed by atoms with van der Waals surface area (Å²) in [7, 11) is 0. The second kappa shape index (κ2) is 5.74. The van der Waals surface area contributed by atoms with E-state index in [4.69, 9.17) is 0 Å². The van der Waals surface area contributed by atoms with Gasteiger partial charge in [0.05, 0.1) is 11.0 Å². The highest BCUT2D eigenvalue weighted by Crippen LogP contribution is 2.29. The topological polar surface area (TPSA) is 46.1 Å². The van der Waals surface area contributed by atoms with Crippen molar-refractivity contribution in [2.24, 2.45) is 0 Å². The predicted octanol–water partition coefficient (Wildman–Crippen LogP) is 3.59. The summed E-state index contributed by atoms with van der Waals surface area (Å²) >= 11 is 3.53. The molecule has 0 aliphatic carbocycles. The first-order valence-corrected chi connectivity index (χ1v) is 8.29. The molecular weight excluding hydrogens is 354 g/mol. The number of carbonyl (C=O) groups is 1. The molecule has 5 heteroatoms. The van der Waals surface area contributed by atoms with Crippen LogP contribution in [0.25, 0.3) is 11.0 Å². The summed E-state index contributed by atoms with van der Waals surface area (Å²) in [6.07, 6.45) is 2.50. The predicted molar refractivity (Wildman–Crippen MR) is 92.1 cm³/mol. The van der Waals surface area contributed by atoms with E-state index in [-0.39, 0.29) is 5.91 Å². The highest BCUT2D eigenvalue weighted by molar-refractivity contribution is 9.10. The van der Waals surface area contributed by atoms with Crippen molar-refractivity contribution in [1.29, 1.82) is 0 Å². The Morgan fingerprint density at radius 3 is 2.87 bits per heavy atom. The largest absolute Gasteiger partial charge is 0.334 e. The Hall–Kier alpha value is -2.27. The van der Waals surface area contributed by atoms with Gasteiger partial charge in [-0.2, -0.15) is 0 Å². The van der Waals surface area contributed by atoms with Crippen molar-refractivity contribution in [2.75, 3.05) is 6.54 Å². The summed E-state index contributed by atoms with van der Waals surface area (Å²) in [5.41, 5.74) is 4.64. The van der Waals surface area contributed by atoms with Crippen molar-refractivity contribution in [2.45, 2.75) is 13.0 Å². The second-order valence-electron chi connectivity index (χ2n) is 5.59. The molecule has 1 aliphatic heterocycles. The molecule has 1 aromatic carbocycles. The van der Waals surface area contributed by atoms with Gasteiger partial charge < -0.3 is 4.90 Å². The van der Waals surface area contributed by atoms with Crippen LogP contribution in [-0.2, 0) is 13.0 Å². The van der Waals surface area contributed by atoms with Gasteiger partial charge in [-0.3, -0.25) is 14.8 Å². The number of carbonyl (C=O) groups excluding carboxylic acids is 1. The first kappa shape index (κ1) is 14.3. The molecule has 0 radical (unpaired) electrons. The quantitative estimate of drug-likeness (QED) is 0.710. The van der Waals surface area contributed by atoms with Crippen LogP contribution in [0.2, 0.25) is 0 Å². The average molecular weight is 368 g/mol. The normalized spacial score (nSPS) is 13.6. The molecule has 4 nitrogen and oxygen atoms in total. The first-order valence-electron chi connectivity index (χ1n) is 7.50.